The van der Waals surface area contributed by atoms with Crippen LogP contribution in [0.25, 0.3) is 33.3 Å². The van der Waals surface area contributed by atoms with Gasteiger partial charge in [-0.15, -0.1) is 0 Å². The molecule has 0 saturated carbocycles. The first-order chi connectivity index (χ1) is 17.5. The van der Waals surface area contributed by atoms with Gasteiger partial charge in [-0.25, -0.2) is 4.98 Å². The van der Waals surface area contributed by atoms with Crippen molar-refractivity contribution in [1.29, 1.82) is 5.26 Å². The SMILES string of the molecule is CN(C)C1CCN(c2nc(-c3ccc(C#N)cc3)c(-c3ccc4nn(CCO)cc4c3)c(=O)[nH]2)CC1. The number of aliphatic hydroxyl groups excluding tert-OH is 1. The molecule has 0 bridgehead atoms. The Morgan fingerprint density at radius 1 is 1.14 bits per heavy atom. The van der Waals surface area contributed by atoms with Gasteiger partial charge in [0.15, 0.2) is 0 Å². The lowest BCUT2D eigenvalue weighted by Gasteiger charge is -2.35. The molecular weight excluding hydrogens is 454 g/mol. The number of aliphatic hydroxyl groups is 1. The van der Waals surface area contributed by atoms with E-state index in [-0.39, 0.29) is 12.2 Å². The molecule has 2 aromatic heterocycles. The summed E-state index contributed by atoms with van der Waals surface area (Å²) in [4.78, 5) is 26.0. The minimum Gasteiger partial charge on any atom is -0.394 e. The van der Waals surface area contributed by atoms with Crippen molar-refractivity contribution < 1.29 is 5.11 Å². The van der Waals surface area contributed by atoms with Gasteiger partial charge in [-0.05, 0) is 56.8 Å². The van der Waals surface area contributed by atoms with E-state index in [1.165, 1.54) is 0 Å². The van der Waals surface area contributed by atoms with Gasteiger partial charge in [0, 0.05) is 36.3 Å². The van der Waals surface area contributed by atoms with Crippen molar-refractivity contribution >= 4 is 16.9 Å². The number of aromatic amines is 1. The molecule has 1 fully saturated rings. The van der Waals surface area contributed by atoms with Gasteiger partial charge in [-0.3, -0.25) is 14.5 Å². The average Bonchev–Trinajstić information content (AvgIpc) is 3.30. The maximum absolute atomic E-state index is 13.6. The number of nitrogens with zero attached hydrogens (tertiary/aromatic N) is 6. The summed E-state index contributed by atoms with van der Waals surface area (Å²) in [6, 6.07) is 15.5. The highest BCUT2D eigenvalue weighted by molar-refractivity contribution is 5.88. The van der Waals surface area contributed by atoms with E-state index in [1.54, 1.807) is 16.8 Å². The highest BCUT2D eigenvalue weighted by Gasteiger charge is 2.24. The molecule has 0 aliphatic carbocycles. The molecule has 0 unspecified atom stereocenters. The monoisotopic (exact) mass is 483 g/mol. The van der Waals surface area contributed by atoms with Gasteiger partial charge in [0.2, 0.25) is 5.95 Å². The highest BCUT2D eigenvalue weighted by atomic mass is 16.3. The second kappa shape index (κ2) is 9.93. The second-order valence-electron chi connectivity index (χ2n) is 9.37. The molecule has 184 valence electrons. The lowest BCUT2D eigenvalue weighted by atomic mass is 9.98. The Bertz CT molecular complexity index is 1470. The molecule has 0 radical (unpaired) electrons. The van der Waals surface area contributed by atoms with Crippen LogP contribution in [-0.2, 0) is 6.54 Å². The van der Waals surface area contributed by atoms with Crippen LogP contribution in [-0.4, -0.2) is 69.6 Å². The molecule has 2 N–H and O–H groups in total. The normalized spacial score (nSPS) is 14.5. The summed E-state index contributed by atoms with van der Waals surface area (Å²) >= 11 is 0. The first kappa shape index (κ1) is 23.7. The van der Waals surface area contributed by atoms with Crippen LogP contribution < -0.4 is 10.5 Å². The number of hydrogen-bond acceptors (Lipinski definition) is 7. The van der Waals surface area contributed by atoms with Crippen LogP contribution in [0.5, 0.6) is 0 Å². The lowest BCUT2D eigenvalue weighted by molar-refractivity contribution is 0.249. The van der Waals surface area contributed by atoms with Crippen molar-refractivity contribution in [1.82, 2.24) is 24.6 Å². The largest absolute Gasteiger partial charge is 0.394 e. The molecule has 9 heteroatoms. The van der Waals surface area contributed by atoms with E-state index in [9.17, 15) is 15.2 Å². The van der Waals surface area contributed by atoms with Crippen molar-refractivity contribution in [3.05, 3.63) is 64.6 Å². The fraction of sp³-hybridized carbons (Fsp3) is 0.333. The van der Waals surface area contributed by atoms with Crippen molar-refractivity contribution in [3.8, 4) is 28.5 Å². The zero-order valence-corrected chi connectivity index (χ0v) is 20.5. The fourth-order valence-electron chi connectivity index (χ4n) is 4.83. The molecule has 1 aliphatic rings. The number of nitriles is 1. The van der Waals surface area contributed by atoms with Gasteiger partial charge in [0.05, 0.1) is 41.6 Å². The van der Waals surface area contributed by atoms with Crippen LogP contribution in [0.4, 0.5) is 5.95 Å². The van der Waals surface area contributed by atoms with Crippen LogP contribution in [0.15, 0.2) is 53.5 Å². The van der Waals surface area contributed by atoms with E-state index in [0.717, 1.165) is 48.0 Å². The molecule has 9 nitrogen and oxygen atoms in total. The Hall–Kier alpha value is -4.00. The number of piperidine rings is 1. The molecule has 0 amide bonds. The third-order valence-electron chi connectivity index (χ3n) is 6.86. The second-order valence-corrected chi connectivity index (χ2v) is 9.37. The van der Waals surface area contributed by atoms with Crippen molar-refractivity contribution in [2.24, 2.45) is 0 Å². The van der Waals surface area contributed by atoms with Gasteiger partial charge in [-0.1, -0.05) is 18.2 Å². The Morgan fingerprint density at radius 3 is 2.53 bits per heavy atom. The lowest BCUT2D eigenvalue weighted by Crippen LogP contribution is -2.43. The maximum atomic E-state index is 13.6. The molecule has 36 heavy (non-hydrogen) atoms. The van der Waals surface area contributed by atoms with Crippen molar-refractivity contribution in [2.45, 2.75) is 25.4 Å². The Morgan fingerprint density at radius 2 is 1.86 bits per heavy atom. The summed E-state index contributed by atoms with van der Waals surface area (Å²) in [5.74, 6) is 0.567. The van der Waals surface area contributed by atoms with Crippen LogP contribution >= 0.6 is 0 Å². The first-order valence-electron chi connectivity index (χ1n) is 12.1. The number of benzene rings is 2. The molecule has 4 aromatic rings. The number of hydrogen-bond donors (Lipinski definition) is 2. The predicted octanol–water partition coefficient (Wildman–Crippen LogP) is 2.85. The summed E-state index contributed by atoms with van der Waals surface area (Å²) in [5, 5.41) is 23.8. The summed E-state index contributed by atoms with van der Waals surface area (Å²) in [6.45, 7) is 2.03. The quantitative estimate of drug-likeness (QED) is 0.433. The maximum Gasteiger partial charge on any atom is 0.260 e. The highest BCUT2D eigenvalue weighted by Crippen LogP contribution is 2.31. The molecule has 0 spiro atoms. The summed E-state index contributed by atoms with van der Waals surface area (Å²) in [7, 11) is 4.20. The van der Waals surface area contributed by atoms with Gasteiger partial charge < -0.3 is 14.9 Å². The summed E-state index contributed by atoms with van der Waals surface area (Å²) < 4.78 is 1.69. The van der Waals surface area contributed by atoms with Gasteiger partial charge in [0.25, 0.3) is 5.56 Å². The number of fused-ring (bicyclic) bond motifs is 1. The molecular formula is C27H29N7O2. The number of rotatable bonds is 6. The van der Waals surface area contributed by atoms with Crippen LogP contribution in [0.2, 0.25) is 0 Å². The Kier molecular flexibility index (Phi) is 6.55. The number of nitrogens with one attached hydrogen (secondary N) is 1. The van der Waals surface area contributed by atoms with E-state index < -0.39 is 0 Å². The zero-order chi connectivity index (χ0) is 25.2. The minimum atomic E-state index is -0.212. The standard InChI is InChI=1S/C27H29N7O2/c1-32(2)22-9-11-33(12-10-22)27-29-25(19-5-3-18(16-28)4-6-19)24(26(36)30-27)20-7-8-23-21(15-20)17-34(31-23)13-14-35/h3-8,15,17,22,35H,9-14H2,1-2H3,(H,29,30,36). The Balaban J connectivity index is 1.60. The molecule has 2 aromatic carbocycles. The Labute approximate surface area is 209 Å². The topological polar surface area (TPSA) is 114 Å². The van der Waals surface area contributed by atoms with Crippen molar-refractivity contribution in [2.75, 3.05) is 38.7 Å². The third-order valence-corrected chi connectivity index (χ3v) is 6.86. The van der Waals surface area contributed by atoms with Gasteiger partial charge in [-0.2, -0.15) is 10.4 Å². The van der Waals surface area contributed by atoms with Crippen molar-refractivity contribution in [3.63, 3.8) is 0 Å². The molecule has 5 rings (SSSR count). The summed E-state index contributed by atoms with van der Waals surface area (Å²) in [5.41, 5.74) is 3.69. The van der Waals surface area contributed by atoms with E-state index in [1.807, 2.05) is 36.5 Å². The van der Waals surface area contributed by atoms with E-state index in [0.29, 0.717) is 35.4 Å². The number of aromatic nitrogens is 4. The third kappa shape index (κ3) is 4.61. The molecule has 0 atom stereocenters. The smallest absolute Gasteiger partial charge is 0.260 e. The number of anilines is 1. The average molecular weight is 484 g/mol. The molecule has 1 saturated heterocycles. The van der Waals surface area contributed by atoms with E-state index in [2.05, 4.69) is 40.0 Å². The van der Waals surface area contributed by atoms with Gasteiger partial charge >= 0.3 is 0 Å². The molecule has 1 aliphatic heterocycles. The fourth-order valence-corrected chi connectivity index (χ4v) is 4.83. The van der Waals surface area contributed by atoms with Crippen LogP contribution in [0.1, 0.15) is 18.4 Å². The summed E-state index contributed by atoms with van der Waals surface area (Å²) in [6.07, 6.45) is 3.86. The van der Waals surface area contributed by atoms with Gasteiger partial charge in [0.1, 0.15) is 0 Å². The van der Waals surface area contributed by atoms with Crippen LogP contribution in [0.3, 0.4) is 0 Å². The minimum absolute atomic E-state index is 0.000522. The zero-order valence-electron chi connectivity index (χ0n) is 20.5. The van der Waals surface area contributed by atoms with E-state index >= 15 is 0 Å². The predicted molar refractivity (Wildman–Crippen MR) is 140 cm³/mol. The first-order valence-corrected chi connectivity index (χ1v) is 12.1. The van der Waals surface area contributed by atoms with Crippen LogP contribution in [0, 0.1) is 11.3 Å². The number of H-pyrrole nitrogens is 1. The van der Waals surface area contributed by atoms with E-state index in [4.69, 9.17) is 4.98 Å². The molecule has 3 heterocycles.